The van der Waals surface area contributed by atoms with Crippen LogP contribution in [0.15, 0.2) is 50.5 Å². The first kappa shape index (κ1) is 15.9. The molecule has 0 saturated heterocycles. The third-order valence-electron chi connectivity index (χ3n) is 3.27. The SMILES string of the molecule is Cn1c(=O)oc2cc(S(=O)(=O)Nc3c(Cl)cccc3Cl)ccc21. The molecule has 0 radical (unpaired) electrons. The summed E-state index contributed by atoms with van der Waals surface area (Å²) in [6, 6.07) is 8.76. The van der Waals surface area contributed by atoms with Crippen molar-refractivity contribution in [3.8, 4) is 0 Å². The molecule has 0 aliphatic carbocycles. The highest BCUT2D eigenvalue weighted by Gasteiger charge is 2.19. The number of sulfonamides is 1. The number of nitrogens with one attached hydrogen (secondary N) is 1. The van der Waals surface area contributed by atoms with Crippen LogP contribution in [0.25, 0.3) is 11.1 Å². The first-order valence-electron chi connectivity index (χ1n) is 6.36. The second-order valence-electron chi connectivity index (χ2n) is 4.76. The topological polar surface area (TPSA) is 81.3 Å². The van der Waals surface area contributed by atoms with Crippen LogP contribution in [-0.2, 0) is 17.1 Å². The summed E-state index contributed by atoms with van der Waals surface area (Å²) < 4.78 is 33.6. The van der Waals surface area contributed by atoms with Gasteiger partial charge in [0.2, 0.25) is 0 Å². The molecule has 6 nitrogen and oxygen atoms in total. The number of fused-ring (bicyclic) bond motifs is 1. The molecule has 0 fully saturated rings. The fourth-order valence-electron chi connectivity index (χ4n) is 2.07. The molecule has 0 unspecified atom stereocenters. The lowest BCUT2D eigenvalue weighted by molar-refractivity contribution is 0.527. The lowest BCUT2D eigenvalue weighted by atomic mass is 10.3. The van der Waals surface area contributed by atoms with Gasteiger partial charge in [0.1, 0.15) is 0 Å². The Bertz CT molecular complexity index is 1050. The lowest BCUT2D eigenvalue weighted by Gasteiger charge is -2.11. The third kappa shape index (κ3) is 2.83. The molecule has 1 aromatic heterocycles. The van der Waals surface area contributed by atoms with Crippen molar-refractivity contribution in [3.05, 3.63) is 57.0 Å². The highest BCUT2D eigenvalue weighted by molar-refractivity contribution is 7.92. The highest BCUT2D eigenvalue weighted by atomic mass is 35.5. The predicted octanol–water partition coefficient (Wildman–Crippen LogP) is 3.24. The van der Waals surface area contributed by atoms with Gasteiger partial charge >= 0.3 is 5.76 Å². The molecule has 3 rings (SSSR count). The molecule has 0 spiro atoms. The Labute approximate surface area is 141 Å². The molecule has 0 atom stereocenters. The van der Waals surface area contributed by atoms with Gasteiger partial charge in [0.25, 0.3) is 10.0 Å². The summed E-state index contributed by atoms with van der Waals surface area (Å²) in [5.41, 5.74) is 0.751. The molecule has 1 heterocycles. The number of para-hydroxylation sites is 1. The lowest BCUT2D eigenvalue weighted by Crippen LogP contribution is -2.13. The van der Waals surface area contributed by atoms with Crippen LogP contribution in [0.3, 0.4) is 0 Å². The van der Waals surface area contributed by atoms with Gasteiger partial charge in [-0.15, -0.1) is 0 Å². The van der Waals surface area contributed by atoms with Crippen LogP contribution in [0.4, 0.5) is 5.69 Å². The predicted molar refractivity (Wildman–Crippen MR) is 88.7 cm³/mol. The van der Waals surface area contributed by atoms with E-state index in [0.29, 0.717) is 5.52 Å². The number of oxazole rings is 1. The first-order chi connectivity index (χ1) is 10.8. The van der Waals surface area contributed by atoms with E-state index in [4.69, 9.17) is 27.6 Å². The summed E-state index contributed by atoms with van der Waals surface area (Å²) in [5.74, 6) is -0.573. The van der Waals surface area contributed by atoms with Gasteiger partial charge in [0.15, 0.2) is 5.58 Å². The monoisotopic (exact) mass is 372 g/mol. The van der Waals surface area contributed by atoms with Crippen molar-refractivity contribution in [1.29, 1.82) is 0 Å². The molecule has 23 heavy (non-hydrogen) atoms. The number of aromatic nitrogens is 1. The minimum absolute atomic E-state index is 0.0738. The molecular formula is C14H10Cl2N2O4S. The quantitative estimate of drug-likeness (QED) is 0.764. The molecule has 0 bridgehead atoms. The van der Waals surface area contributed by atoms with E-state index in [0.717, 1.165) is 0 Å². The van der Waals surface area contributed by atoms with E-state index < -0.39 is 15.8 Å². The fraction of sp³-hybridized carbons (Fsp3) is 0.0714. The highest BCUT2D eigenvalue weighted by Crippen LogP contribution is 2.32. The van der Waals surface area contributed by atoms with Gasteiger partial charge in [-0.05, 0) is 24.3 Å². The zero-order chi connectivity index (χ0) is 16.8. The number of nitrogens with zero attached hydrogens (tertiary/aromatic N) is 1. The van der Waals surface area contributed by atoms with Crippen molar-refractivity contribution in [3.63, 3.8) is 0 Å². The summed E-state index contributed by atoms with van der Waals surface area (Å²) in [5, 5.41) is 0.349. The van der Waals surface area contributed by atoms with Gasteiger partial charge in [-0.2, -0.15) is 0 Å². The smallest absolute Gasteiger partial charge is 0.408 e. The zero-order valence-corrected chi connectivity index (χ0v) is 14.0. The second kappa shape index (κ2) is 5.59. The van der Waals surface area contributed by atoms with Crippen LogP contribution in [0.5, 0.6) is 0 Å². The van der Waals surface area contributed by atoms with E-state index in [1.54, 1.807) is 6.07 Å². The third-order valence-corrected chi connectivity index (χ3v) is 5.25. The Morgan fingerprint density at radius 1 is 1.13 bits per heavy atom. The van der Waals surface area contributed by atoms with Crippen molar-refractivity contribution in [2.24, 2.45) is 7.05 Å². The Morgan fingerprint density at radius 2 is 1.78 bits per heavy atom. The number of rotatable bonds is 3. The van der Waals surface area contributed by atoms with Crippen molar-refractivity contribution >= 4 is 50.0 Å². The number of hydrogen-bond acceptors (Lipinski definition) is 4. The summed E-state index contributed by atoms with van der Waals surface area (Å²) in [6.07, 6.45) is 0. The van der Waals surface area contributed by atoms with Gasteiger partial charge in [0.05, 0.1) is 26.1 Å². The zero-order valence-electron chi connectivity index (χ0n) is 11.7. The maximum absolute atomic E-state index is 12.5. The molecule has 0 amide bonds. The van der Waals surface area contributed by atoms with Crippen LogP contribution < -0.4 is 10.5 Å². The largest absolute Gasteiger partial charge is 0.419 e. The number of anilines is 1. The van der Waals surface area contributed by atoms with Gasteiger partial charge in [-0.25, -0.2) is 13.2 Å². The summed E-state index contributed by atoms with van der Waals surface area (Å²) >= 11 is 11.9. The van der Waals surface area contributed by atoms with Crippen LogP contribution >= 0.6 is 23.2 Å². The van der Waals surface area contributed by atoms with Crippen molar-refractivity contribution < 1.29 is 12.8 Å². The van der Waals surface area contributed by atoms with Crippen LogP contribution in [0.1, 0.15) is 0 Å². The van der Waals surface area contributed by atoms with E-state index in [2.05, 4.69) is 4.72 Å². The molecule has 0 saturated carbocycles. The van der Waals surface area contributed by atoms with Crippen molar-refractivity contribution in [2.75, 3.05) is 4.72 Å². The van der Waals surface area contributed by atoms with Gasteiger partial charge in [0, 0.05) is 13.1 Å². The maximum Gasteiger partial charge on any atom is 0.419 e. The maximum atomic E-state index is 12.5. The van der Waals surface area contributed by atoms with Crippen LogP contribution in [0, 0.1) is 0 Å². The minimum atomic E-state index is -3.94. The standard InChI is InChI=1S/C14H10Cl2N2O4S/c1-18-11-6-5-8(7-12(11)22-14(18)19)23(20,21)17-13-9(15)3-2-4-10(13)16/h2-7,17H,1H3. The first-order valence-corrected chi connectivity index (χ1v) is 8.60. The van der Waals surface area contributed by atoms with E-state index in [-0.39, 0.29) is 26.2 Å². The van der Waals surface area contributed by atoms with Gasteiger partial charge < -0.3 is 4.42 Å². The average Bonchev–Trinajstić information content (AvgIpc) is 2.78. The molecule has 0 aliphatic rings. The molecule has 1 N–H and O–H groups in total. The Balaban J connectivity index is 2.08. The van der Waals surface area contributed by atoms with E-state index in [1.165, 1.54) is 41.9 Å². The normalized spacial score (nSPS) is 11.8. The van der Waals surface area contributed by atoms with E-state index in [1.807, 2.05) is 0 Å². The Kier molecular flexibility index (Phi) is 3.87. The average molecular weight is 373 g/mol. The van der Waals surface area contributed by atoms with Crippen molar-refractivity contribution in [2.45, 2.75) is 4.90 Å². The minimum Gasteiger partial charge on any atom is -0.408 e. The number of hydrogen-bond donors (Lipinski definition) is 1. The van der Waals surface area contributed by atoms with Crippen LogP contribution in [-0.4, -0.2) is 13.0 Å². The second-order valence-corrected chi connectivity index (χ2v) is 7.26. The molecule has 0 aliphatic heterocycles. The number of benzene rings is 2. The molecule has 2 aromatic carbocycles. The van der Waals surface area contributed by atoms with E-state index in [9.17, 15) is 13.2 Å². The van der Waals surface area contributed by atoms with Crippen molar-refractivity contribution in [1.82, 2.24) is 4.57 Å². The molecule has 3 aromatic rings. The molecular weight excluding hydrogens is 363 g/mol. The molecule has 9 heteroatoms. The van der Waals surface area contributed by atoms with Gasteiger partial charge in [-0.1, -0.05) is 29.3 Å². The summed E-state index contributed by atoms with van der Waals surface area (Å²) in [4.78, 5) is 11.4. The fourth-order valence-corrected chi connectivity index (χ4v) is 3.79. The number of aryl methyl sites for hydroxylation is 1. The van der Waals surface area contributed by atoms with Gasteiger partial charge in [-0.3, -0.25) is 9.29 Å². The molecule has 120 valence electrons. The summed E-state index contributed by atoms with van der Waals surface area (Å²) in [6.45, 7) is 0. The Hall–Kier alpha value is -1.96. The number of halogens is 2. The Morgan fingerprint density at radius 3 is 2.43 bits per heavy atom. The summed E-state index contributed by atoms with van der Waals surface area (Å²) in [7, 11) is -2.41. The van der Waals surface area contributed by atoms with Crippen LogP contribution in [0.2, 0.25) is 10.0 Å². The van der Waals surface area contributed by atoms with E-state index >= 15 is 0 Å².